The van der Waals surface area contributed by atoms with Crippen LogP contribution in [-0.4, -0.2) is 23.9 Å². The lowest BCUT2D eigenvalue weighted by atomic mass is 10.1. The van der Waals surface area contributed by atoms with Gasteiger partial charge in [0.1, 0.15) is 11.6 Å². The van der Waals surface area contributed by atoms with Crippen LogP contribution in [0, 0.1) is 11.6 Å². The third-order valence-corrected chi connectivity index (χ3v) is 6.02. The summed E-state index contributed by atoms with van der Waals surface area (Å²) in [6, 6.07) is 8.26. The highest BCUT2D eigenvalue weighted by molar-refractivity contribution is 7.89. The average molecular weight is 390 g/mol. The van der Waals surface area contributed by atoms with Crippen LogP contribution in [0.1, 0.15) is 11.1 Å². The van der Waals surface area contributed by atoms with Crippen LogP contribution in [0.5, 0.6) is 0 Å². The van der Waals surface area contributed by atoms with Gasteiger partial charge in [-0.1, -0.05) is 24.3 Å². The zero-order valence-electron chi connectivity index (χ0n) is 13.2. The fraction of sp³-hybridized carbons (Fsp3) is 0.200. The molecule has 0 unspecified atom stereocenters. The Hall–Kier alpha value is -1.88. The van der Waals surface area contributed by atoms with Gasteiger partial charge in [0.15, 0.2) is 0 Å². The maximum Gasteiger partial charge on any atom is 0.241 e. The predicted octanol–water partition coefficient (Wildman–Crippen LogP) is 1.49. The van der Waals surface area contributed by atoms with Crippen LogP contribution in [0.2, 0.25) is 0 Å². The van der Waals surface area contributed by atoms with Crippen LogP contribution in [0.15, 0.2) is 47.4 Å². The second-order valence-corrected chi connectivity index (χ2v) is 8.90. The van der Waals surface area contributed by atoms with Gasteiger partial charge < -0.3 is 0 Å². The van der Waals surface area contributed by atoms with Gasteiger partial charge >= 0.3 is 0 Å². The molecule has 0 fully saturated rings. The lowest BCUT2D eigenvalue weighted by Crippen LogP contribution is -2.23. The van der Waals surface area contributed by atoms with Gasteiger partial charge in [-0.3, -0.25) is 0 Å². The molecule has 6 nitrogen and oxygen atoms in total. The fourth-order valence-electron chi connectivity index (χ4n) is 1.99. The average Bonchev–Trinajstić information content (AvgIpc) is 2.53. The lowest BCUT2D eigenvalue weighted by molar-refractivity contribution is 0.561. The first-order chi connectivity index (χ1) is 11.6. The number of hydrogen-bond donors (Lipinski definition) is 2. The Morgan fingerprint density at radius 3 is 1.92 bits per heavy atom. The van der Waals surface area contributed by atoms with Crippen LogP contribution in [0.25, 0.3) is 0 Å². The molecule has 2 rings (SSSR count). The normalized spacial score (nSPS) is 12.3. The Bertz CT molecular complexity index is 939. The number of halogens is 2. The molecule has 0 bridgehead atoms. The number of sulfonamides is 2. The van der Waals surface area contributed by atoms with E-state index in [0.29, 0.717) is 17.2 Å². The monoisotopic (exact) mass is 390 g/mol. The molecular formula is C15H16F2N2O4S2. The second-order valence-electron chi connectivity index (χ2n) is 5.21. The first-order valence-corrected chi connectivity index (χ1v) is 10.2. The van der Waals surface area contributed by atoms with Crippen molar-refractivity contribution in [3.8, 4) is 0 Å². The second kappa shape index (κ2) is 7.56. The molecule has 0 amide bonds. The zero-order valence-corrected chi connectivity index (χ0v) is 14.8. The first kappa shape index (κ1) is 19.4. The van der Waals surface area contributed by atoms with Gasteiger partial charge in [-0.2, -0.15) is 0 Å². The molecule has 0 spiro atoms. The summed E-state index contributed by atoms with van der Waals surface area (Å²) >= 11 is 0. The molecule has 0 aliphatic heterocycles. The topological polar surface area (TPSA) is 92.3 Å². The van der Waals surface area contributed by atoms with Crippen molar-refractivity contribution >= 4 is 20.0 Å². The molecule has 25 heavy (non-hydrogen) atoms. The van der Waals surface area contributed by atoms with E-state index >= 15 is 0 Å². The van der Waals surface area contributed by atoms with Gasteiger partial charge in [0.25, 0.3) is 0 Å². The molecule has 2 aromatic rings. The molecule has 0 aliphatic carbocycles. The molecule has 0 saturated heterocycles. The fourth-order valence-corrected chi connectivity index (χ4v) is 3.82. The molecule has 0 aliphatic rings. The van der Waals surface area contributed by atoms with Crippen LogP contribution in [-0.2, 0) is 32.3 Å². The van der Waals surface area contributed by atoms with Gasteiger partial charge in [-0.15, -0.1) is 0 Å². The van der Waals surface area contributed by atoms with E-state index in [-0.39, 0.29) is 12.3 Å². The Kier molecular flexibility index (Phi) is 5.88. The Balaban J connectivity index is 2.08. The van der Waals surface area contributed by atoms with Crippen LogP contribution < -0.4 is 9.44 Å². The Labute approximate surface area is 145 Å². The molecule has 136 valence electrons. The standard InChI is InChI=1S/C15H16F2N2O4S2/c1-18-24(20,21)10-12-4-2-11(3-5-12)9-19-25(22,23)15-7-13(16)6-14(17)8-15/h2-8,18-19H,9-10H2,1H3. The SMILES string of the molecule is CNS(=O)(=O)Cc1ccc(CNS(=O)(=O)c2cc(F)cc(F)c2)cc1. The van der Waals surface area contributed by atoms with E-state index in [1.54, 1.807) is 24.3 Å². The Morgan fingerprint density at radius 1 is 0.880 bits per heavy atom. The highest BCUT2D eigenvalue weighted by atomic mass is 32.2. The minimum absolute atomic E-state index is 0.112. The van der Waals surface area contributed by atoms with E-state index in [4.69, 9.17) is 0 Å². The maximum atomic E-state index is 13.1. The molecule has 0 aromatic heterocycles. The smallest absolute Gasteiger partial charge is 0.218 e. The van der Waals surface area contributed by atoms with Crippen LogP contribution >= 0.6 is 0 Å². The van der Waals surface area contributed by atoms with Gasteiger partial charge in [0.2, 0.25) is 20.0 Å². The van der Waals surface area contributed by atoms with E-state index in [0.717, 1.165) is 12.1 Å². The molecule has 0 atom stereocenters. The van der Waals surface area contributed by atoms with Crippen molar-refractivity contribution in [2.75, 3.05) is 7.05 Å². The molecule has 2 N–H and O–H groups in total. The molecule has 2 aromatic carbocycles. The molecular weight excluding hydrogens is 374 g/mol. The summed E-state index contributed by atoms with van der Waals surface area (Å²) in [7, 11) is -6.17. The molecule has 0 heterocycles. The van der Waals surface area contributed by atoms with Crippen molar-refractivity contribution in [2.24, 2.45) is 0 Å². The lowest BCUT2D eigenvalue weighted by Gasteiger charge is -2.08. The summed E-state index contributed by atoms with van der Waals surface area (Å²) in [6.07, 6.45) is 0. The largest absolute Gasteiger partial charge is 0.241 e. The van der Waals surface area contributed by atoms with Crippen molar-refractivity contribution < 1.29 is 25.6 Å². The van der Waals surface area contributed by atoms with Crippen LogP contribution in [0.4, 0.5) is 8.78 Å². The van der Waals surface area contributed by atoms with Crippen molar-refractivity contribution in [1.82, 2.24) is 9.44 Å². The summed E-state index contributed by atoms with van der Waals surface area (Å²) in [5, 5.41) is 0. The van der Waals surface area contributed by atoms with E-state index < -0.39 is 36.6 Å². The number of nitrogens with one attached hydrogen (secondary N) is 2. The molecule has 0 radical (unpaired) electrons. The summed E-state index contributed by atoms with van der Waals surface area (Å²) in [5.41, 5.74) is 1.10. The number of benzene rings is 2. The van der Waals surface area contributed by atoms with Crippen LogP contribution in [0.3, 0.4) is 0 Å². The third-order valence-electron chi connectivity index (χ3n) is 3.30. The van der Waals surface area contributed by atoms with Gasteiger partial charge in [0.05, 0.1) is 10.6 Å². The van der Waals surface area contributed by atoms with Crippen molar-refractivity contribution in [2.45, 2.75) is 17.2 Å². The maximum absolute atomic E-state index is 13.1. The summed E-state index contributed by atoms with van der Waals surface area (Å²) in [5.74, 6) is -2.18. The van der Waals surface area contributed by atoms with Crippen molar-refractivity contribution in [3.63, 3.8) is 0 Å². The van der Waals surface area contributed by atoms with Crippen molar-refractivity contribution in [1.29, 1.82) is 0 Å². The van der Waals surface area contributed by atoms with E-state index in [9.17, 15) is 25.6 Å². The zero-order chi connectivity index (χ0) is 18.7. The number of hydrogen-bond acceptors (Lipinski definition) is 4. The van der Waals surface area contributed by atoms with Crippen molar-refractivity contribution in [3.05, 3.63) is 65.2 Å². The van der Waals surface area contributed by atoms with Gasteiger partial charge in [-0.05, 0) is 30.3 Å². The summed E-state index contributed by atoms with van der Waals surface area (Å²) < 4.78 is 77.8. The summed E-state index contributed by atoms with van der Waals surface area (Å²) in [6.45, 7) is -0.112. The highest BCUT2D eigenvalue weighted by Crippen LogP contribution is 2.14. The minimum Gasteiger partial charge on any atom is -0.218 e. The Morgan fingerprint density at radius 2 is 1.40 bits per heavy atom. The van der Waals surface area contributed by atoms with E-state index in [1.165, 1.54) is 7.05 Å². The highest BCUT2D eigenvalue weighted by Gasteiger charge is 2.16. The first-order valence-electron chi connectivity index (χ1n) is 7.06. The third kappa shape index (κ3) is 5.56. The quantitative estimate of drug-likeness (QED) is 0.749. The van der Waals surface area contributed by atoms with E-state index in [2.05, 4.69) is 9.44 Å². The minimum atomic E-state index is -4.08. The summed E-state index contributed by atoms with van der Waals surface area (Å²) in [4.78, 5) is -0.512. The van der Waals surface area contributed by atoms with Gasteiger partial charge in [0, 0.05) is 12.6 Å². The molecule has 10 heteroatoms. The number of rotatable bonds is 7. The van der Waals surface area contributed by atoms with Gasteiger partial charge in [-0.25, -0.2) is 35.1 Å². The van der Waals surface area contributed by atoms with E-state index in [1.807, 2.05) is 0 Å². The predicted molar refractivity (Wildman–Crippen MR) is 88.5 cm³/mol. The molecule has 0 saturated carbocycles.